The van der Waals surface area contributed by atoms with E-state index in [4.69, 9.17) is 16.4 Å². The summed E-state index contributed by atoms with van der Waals surface area (Å²) in [5.41, 5.74) is 1.11. The summed E-state index contributed by atoms with van der Waals surface area (Å²) in [5.74, 6) is -0.364. The van der Waals surface area contributed by atoms with Crippen molar-refractivity contribution in [1.29, 1.82) is 0 Å². The molecule has 1 N–H and O–H groups in total. The molecule has 1 aromatic carbocycles. The molecule has 0 saturated heterocycles. The third-order valence-electron chi connectivity index (χ3n) is 4.99. The van der Waals surface area contributed by atoms with E-state index in [1.807, 2.05) is 6.07 Å². The van der Waals surface area contributed by atoms with Crippen molar-refractivity contribution in [3.63, 3.8) is 0 Å². The van der Waals surface area contributed by atoms with Crippen molar-refractivity contribution in [2.75, 3.05) is 5.32 Å². The van der Waals surface area contributed by atoms with Crippen LogP contribution in [0.25, 0.3) is 0 Å². The van der Waals surface area contributed by atoms with Gasteiger partial charge in [-0.3, -0.25) is 4.79 Å². The second kappa shape index (κ2) is 7.85. The van der Waals surface area contributed by atoms with Crippen LogP contribution in [0, 0.1) is 0 Å². The summed E-state index contributed by atoms with van der Waals surface area (Å²) in [6, 6.07) is 10.0. The van der Waals surface area contributed by atoms with Crippen LogP contribution in [0.15, 0.2) is 46.4 Å². The fourth-order valence-electron chi connectivity index (χ4n) is 3.50. The predicted octanol–water partition coefficient (Wildman–Crippen LogP) is 4.25. The zero-order chi connectivity index (χ0) is 19.7. The van der Waals surface area contributed by atoms with Gasteiger partial charge in [0.2, 0.25) is 6.10 Å². The van der Waals surface area contributed by atoms with Gasteiger partial charge in [-0.25, -0.2) is 8.42 Å². The summed E-state index contributed by atoms with van der Waals surface area (Å²) < 4.78 is 26.2. The zero-order valence-corrected chi connectivity index (χ0v) is 17.3. The predicted molar refractivity (Wildman–Crippen MR) is 110 cm³/mol. The van der Waals surface area contributed by atoms with Crippen molar-refractivity contribution in [1.82, 2.24) is 0 Å². The Hall–Kier alpha value is -1.90. The van der Waals surface area contributed by atoms with E-state index in [0.717, 1.165) is 17.7 Å². The van der Waals surface area contributed by atoms with Crippen molar-refractivity contribution in [2.24, 2.45) is 5.16 Å². The Labute approximate surface area is 172 Å². The van der Waals surface area contributed by atoms with Gasteiger partial charge in [0.05, 0.1) is 19.4 Å². The Kier molecular flexibility index (Phi) is 5.44. The molecule has 1 saturated carbocycles. The third-order valence-corrected chi connectivity index (χ3v) is 8.53. The van der Waals surface area contributed by atoms with Crippen LogP contribution in [0.1, 0.15) is 37.0 Å². The van der Waals surface area contributed by atoms with Crippen LogP contribution in [-0.4, -0.2) is 31.4 Å². The lowest BCUT2D eigenvalue weighted by Crippen LogP contribution is -2.28. The molecule has 1 amide bonds. The van der Waals surface area contributed by atoms with Gasteiger partial charge in [0.15, 0.2) is 9.84 Å². The number of nitrogens with one attached hydrogen (secondary N) is 1. The first-order chi connectivity index (χ1) is 13.4. The Morgan fingerprint density at radius 2 is 2.00 bits per heavy atom. The molecule has 1 aromatic heterocycles. The van der Waals surface area contributed by atoms with Gasteiger partial charge in [-0.2, -0.15) is 0 Å². The number of benzene rings is 1. The molecule has 1 aliphatic heterocycles. The Bertz CT molecular complexity index is 1030. The lowest BCUT2D eigenvalue weighted by atomic mass is 10.1. The molecule has 6 nitrogen and oxygen atoms in total. The average Bonchev–Trinajstić information content (AvgIpc) is 3.43. The van der Waals surface area contributed by atoms with Gasteiger partial charge < -0.3 is 10.2 Å². The molecule has 0 spiro atoms. The maximum Gasteiger partial charge on any atom is 0.268 e. The number of sulfone groups is 1. The van der Waals surface area contributed by atoms with Gasteiger partial charge in [-0.1, -0.05) is 35.7 Å². The highest BCUT2D eigenvalue weighted by atomic mass is 35.5. The van der Waals surface area contributed by atoms with E-state index in [1.54, 1.807) is 24.3 Å². The van der Waals surface area contributed by atoms with Gasteiger partial charge in [0.1, 0.15) is 5.71 Å². The summed E-state index contributed by atoms with van der Waals surface area (Å²) >= 11 is 7.31. The van der Waals surface area contributed by atoms with E-state index < -0.39 is 15.9 Å². The zero-order valence-electron chi connectivity index (χ0n) is 14.9. The molecule has 4 rings (SSSR count). The van der Waals surface area contributed by atoms with Crippen molar-refractivity contribution >= 4 is 50.1 Å². The molecule has 1 atom stereocenters. The first-order valence-electron chi connectivity index (χ1n) is 9.07. The monoisotopic (exact) mass is 438 g/mol. The number of hydrogen-bond donors (Lipinski definition) is 1. The molecule has 2 aromatic rings. The lowest BCUT2D eigenvalue weighted by Gasteiger charge is -2.13. The quantitative estimate of drug-likeness (QED) is 0.756. The van der Waals surface area contributed by atoms with E-state index in [1.165, 1.54) is 17.4 Å². The second-order valence-electron chi connectivity index (χ2n) is 6.91. The summed E-state index contributed by atoms with van der Waals surface area (Å²) in [7, 11) is -3.37. The smallest absolute Gasteiger partial charge is 0.268 e. The van der Waals surface area contributed by atoms with Crippen molar-refractivity contribution in [2.45, 2.75) is 48.4 Å². The minimum Gasteiger partial charge on any atom is -0.382 e. The first kappa shape index (κ1) is 19.4. The standard InChI is InChI=1S/C19H19ClN2O4S2/c20-18-9-8-17(27-18)15-11-16(26-22-15)19(23)21-12-4-3-7-14(10-12)28(24,25)13-5-1-2-6-13/h3-4,7-10,13,16H,1-2,5-6,11H2,(H,21,23). The molecule has 0 radical (unpaired) electrons. The minimum absolute atomic E-state index is 0.245. The van der Waals surface area contributed by atoms with Crippen LogP contribution < -0.4 is 5.32 Å². The highest BCUT2D eigenvalue weighted by molar-refractivity contribution is 7.92. The Morgan fingerprint density at radius 1 is 1.21 bits per heavy atom. The van der Waals surface area contributed by atoms with Crippen LogP contribution >= 0.6 is 22.9 Å². The van der Waals surface area contributed by atoms with Gasteiger partial charge in [0, 0.05) is 12.1 Å². The molecule has 28 heavy (non-hydrogen) atoms. The maximum atomic E-state index is 12.8. The highest BCUT2D eigenvalue weighted by Crippen LogP contribution is 2.31. The lowest BCUT2D eigenvalue weighted by molar-refractivity contribution is -0.125. The molecule has 1 aliphatic carbocycles. The van der Waals surface area contributed by atoms with Crippen LogP contribution in [0.5, 0.6) is 0 Å². The number of thiophene rings is 1. The van der Waals surface area contributed by atoms with E-state index in [-0.39, 0.29) is 16.1 Å². The summed E-state index contributed by atoms with van der Waals surface area (Å²) in [6.07, 6.45) is 2.85. The summed E-state index contributed by atoms with van der Waals surface area (Å²) in [4.78, 5) is 18.9. The SMILES string of the molecule is O=C(Nc1cccc(S(=O)(=O)C2CCCC2)c1)C1CC(c2ccc(Cl)s2)=NO1. The molecular formula is C19H19ClN2O4S2. The minimum atomic E-state index is -3.37. The Morgan fingerprint density at radius 3 is 2.71 bits per heavy atom. The van der Waals surface area contributed by atoms with Crippen LogP contribution in [0.3, 0.4) is 0 Å². The van der Waals surface area contributed by atoms with Crippen molar-refractivity contribution in [3.05, 3.63) is 45.6 Å². The summed E-state index contributed by atoms with van der Waals surface area (Å²) in [5, 5.41) is 6.40. The molecule has 9 heteroatoms. The van der Waals surface area contributed by atoms with E-state index in [0.29, 0.717) is 35.0 Å². The van der Waals surface area contributed by atoms with E-state index in [2.05, 4.69) is 10.5 Å². The van der Waals surface area contributed by atoms with Gasteiger partial charge in [-0.05, 0) is 43.2 Å². The van der Waals surface area contributed by atoms with E-state index >= 15 is 0 Å². The average molecular weight is 439 g/mol. The molecule has 0 bridgehead atoms. The third kappa shape index (κ3) is 3.94. The largest absolute Gasteiger partial charge is 0.382 e. The number of hydrogen-bond acceptors (Lipinski definition) is 6. The highest BCUT2D eigenvalue weighted by Gasteiger charge is 2.32. The van der Waals surface area contributed by atoms with Crippen molar-refractivity contribution < 1.29 is 18.0 Å². The number of halogens is 1. The molecule has 2 heterocycles. The Balaban J connectivity index is 1.43. The second-order valence-corrected chi connectivity index (χ2v) is 10.9. The molecule has 1 fully saturated rings. The van der Waals surface area contributed by atoms with Gasteiger partial charge in [0.25, 0.3) is 5.91 Å². The molecule has 1 unspecified atom stereocenters. The first-order valence-corrected chi connectivity index (χ1v) is 11.8. The fraction of sp³-hybridized carbons (Fsp3) is 0.368. The summed E-state index contributed by atoms with van der Waals surface area (Å²) in [6.45, 7) is 0. The fourth-order valence-corrected chi connectivity index (χ4v) is 6.43. The molecule has 2 aliphatic rings. The molecule has 148 valence electrons. The number of amides is 1. The number of rotatable bonds is 5. The number of carbonyl (C=O) groups excluding carboxylic acids is 1. The molecular weight excluding hydrogens is 420 g/mol. The van der Waals surface area contributed by atoms with Gasteiger partial charge in [-0.15, -0.1) is 11.3 Å². The maximum absolute atomic E-state index is 12.8. The number of nitrogens with zero attached hydrogens (tertiary/aromatic N) is 1. The van der Waals surface area contributed by atoms with E-state index in [9.17, 15) is 13.2 Å². The van der Waals surface area contributed by atoms with Crippen molar-refractivity contribution in [3.8, 4) is 0 Å². The number of oxime groups is 1. The topological polar surface area (TPSA) is 84.8 Å². The van der Waals surface area contributed by atoms with Crippen LogP contribution in [0.2, 0.25) is 4.34 Å². The number of anilines is 1. The van der Waals surface area contributed by atoms with Crippen LogP contribution in [0.4, 0.5) is 5.69 Å². The normalized spacial score (nSPS) is 20.0. The van der Waals surface area contributed by atoms with Crippen LogP contribution in [-0.2, 0) is 19.5 Å². The van der Waals surface area contributed by atoms with Gasteiger partial charge >= 0.3 is 0 Å². The number of carbonyl (C=O) groups is 1.